The molecule has 1 saturated heterocycles. The van der Waals surface area contributed by atoms with E-state index in [1.807, 2.05) is 4.90 Å². The number of carbonyl (C=O) groups excluding carboxylic acids is 1. The van der Waals surface area contributed by atoms with Crippen molar-refractivity contribution in [1.29, 1.82) is 0 Å². The number of nitrogens with zero attached hydrogens (tertiary/aromatic N) is 1. The minimum absolute atomic E-state index is 0.0285. The maximum absolute atomic E-state index is 12.4. The smallest absolute Gasteiger partial charge is 0.227 e. The maximum Gasteiger partial charge on any atom is 0.227 e. The summed E-state index contributed by atoms with van der Waals surface area (Å²) in [5, 5.41) is 19.2. The highest BCUT2D eigenvalue weighted by Crippen LogP contribution is 2.25. The summed E-state index contributed by atoms with van der Waals surface area (Å²) in [7, 11) is 0. The zero-order chi connectivity index (χ0) is 14.7. The van der Waals surface area contributed by atoms with Crippen molar-refractivity contribution in [2.75, 3.05) is 6.54 Å². The monoisotopic (exact) mass is 297 g/mol. The average Bonchev–Trinajstić information content (AvgIpc) is 2.80. The van der Waals surface area contributed by atoms with E-state index < -0.39 is 6.10 Å². The number of aliphatic hydroxyl groups excluding tert-OH is 1. The van der Waals surface area contributed by atoms with Crippen molar-refractivity contribution in [3.8, 4) is 5.75 Å². The van der Waals surface area contributed by atoms with E-state index in [-0.39, 0.29) is 24.1 Å². The van der Waals surface area contributed by atoms with Crippen LogP contribution in [0.4, 0.5) is 0 Å². The average molecular weight is 298 g/mol. The van der Waals surface area contributed by atoms with Crippen LogP contribution < -0.4 is 0 Å². The van der Waals surface area contributed by atoms with Gasteiger partial charge in [0.2, 0.25) is 5.91 Å². The molecule has 0 aromatic heterocycles. The molecule has 0 aliphatic carbocycles. The first-order valence-electron chi connectivity index (χ1n) is 6.92. The van der Waals surface area contributed by atoms with E-state index >= 15 is 0 Å². The number of hydrogen-bond acceptors (Lipinski definition) is 3. The molecule has 1 aromatic rings. The van der Waals surface area contributed by atoms with Gasteiger partial charge in [-0.3, -0.25) is 4.79 Å². The first kappa shape index (κ1) is 15.1. The third-order valence-corrected chi connectivity index (χ3v) is 4.04. The Balaban J connectivity index is 2.03. The van der Waals surface area contributed by atoms with Gasteiger partial charge < -0.3 is 15.1 Å². The van der Waals surface area contributed by atoms with Gasteiger partial charge in [-0.15, -0.1) is 0 Å². The van der Waals surface area contributed by atoms with Gasteiger partial charge in [0.15, 0.2) is 0 Å². The van der Waals surface area contributed by atoms with Gasteiger partial charge in [0.05, 0.1) is 12.5 Å². The van der Waals surface area contributed by atoms with Gasteiger partial charge in [-0.25, -0.2) is 0 Å². The lowest BCUT2D eigenvalue weighted by Gasteiger charge is -2.26. The standard InChI is InChI=1S/C15H20ClNO3/c1-10(18)7-12-3-2-6-17(12)15(20)8-11-4-5-13(19)9-14(11)16/h4-5,9-10,12,18-19H,2-3,6-8H2,1H3/t10-,12+/m0/s1. The summed E-state index contributed by atoms with van der Waals surface area (Å²) in [5.41, 5.74) is 0.720. The molecule has 5 heteroatoms. The molecule has 1 fully saturated rings. The van der Waals surface area contributed by atoms with Crippen LogP contribution in [0.25, 0.3) is 0 Å². The molecule has 4 nitrogen and oxygen atoms in total. The van der Waals surface area contributed by atoms with E-state index in [1.165, 1.54) is 12.1 Å². The highest BCUT2D eigenvalue weighted by Gasteiger charge is 2.29. The van der Waals surface area contributed by atoms with Crippen LogP contribution in [0.5, 0.6) is 5.75 Å². The minimum Gasteiger partial charge on any atom is -0.508 e. The predicted molar refractivity (Wildman–Crippen MR) is 77.9 cm³/mol. The molecule has 0 radical (unpaired) electrons. The lowest BCUT2D eigenvalue weighted by molar-refractivity contribution is -0.131. The SMILES string of the molecule is C[C@H](O)C[C@H]1CCCN1C(=O)Cc1ccc(O)cc1Cl. The van der Waals surface area contributed by atoms with E-state index in [4.69, 9.17) is 11.6 Å². The fourth-order valence-corrected chi connectivity index (χ4v) is 2.99. The molecular weight excluding hydrogens is 278 g/mol. The lowest BCUT2D eigenvalue weighted by atomic mass is 10.1. The molecule has 1 amide bonds. The Morgan fingerprint density at radius 3 is 2.95 bits per heavy atom. The maximum atomic E-state index is 12.4. The fraction of sp³-hybridized carbons (Fsp3) is 0.533. The Kier molecular flexibility index (Phi) is 4.89. The minimum atomic E-state index is -0.398. The van der Waals surface area contributed by atoms with Crippen LogP contribution in [0.2, 0.25) is 5.02 Å². The molecule has 0 spiro atoms. The summed E-state index contributed by atoms with van der Waals surface area (Å²) in [6, 6.07) is 4.78. The third kappa shape index (κ3) is 3.64. The Labute approximate surface area is 124 Å². The van der Waals surface area contributed by atoms with E-state index in [0.29, 0.717) is 11.4 Å². The van der Waals surface area contributed by atoms with E-state index in [2.05, 4.69) is 0 Å². The number of aliphatic hydroxyl groups is 1. The highest BCUT2D eigenvalue weighted by atomic mass is 35.5. The van der Waals surface area contributed by atoms with Gasteiger partial charge in [0, 0.05) is 17.6 Å². The topological polar surface area (TPSA) is 60.8 Å². The number of aromatic hydroxyl groups is 1. The number of hydrogen-bond donors (Lipinski definition) is 2. The Bertz CT molecular complexity index is 490. The molecule has 2 rings (SSSR count). The summed E-state index contributed by atoms with van der Waals surface area (Å²) in [6.07, 6.45) is 2.38. The number of halogens is 1. The van der Waals surface area contributed by atoms with E-state index in [9.17, 15) is 15.0 Å². The first-order chi connectivity index (χ1) is 9.47. The molecule has 0 bridgehead atoms. The predicted octanol–water partition coefficient (Wildman–Crippen LogP) is 2.35. The lowest BCUT2D eigenvalue weighted by Crippen LogP contribution is -2.38. The van der Waals surface area contributed by atoms with Gasteiger partial charge >= 0.3 is 0 Å². The van der Waals surface area contributed by atoms with Crippen LogP contribution in [-0.2, 0) is 11.2 Å². The zero-order valence-electron chi connectivity index (χ0n) is 11.6. The van der Waals surface area contributed by atoms with Gasteiger partial charge in [-0.2, -0.15) is 0 Å². The molecule has 1 heterocycles. The molecule has 2 N–H and O–H groups in total. The number of benzene rings is 1. The van der Waals surface area contributed by atoms with Crippen molar-refractivity contribution in [3.05, 3.63) is 28.8 Å². The number of rotatable bonds is 4. The van der Waals surface area contributed by atoms with Crippen molar-refractivity contribution >= 4 is 17.5 Å². The molecule has 1 aliphatic rings. The molecule has 2 atom stereocenters. The summed E-state index contributed by atoms with van der Waals surface area (Å²) in [4.78, 5) is 14.2. The molecule has 1 aromatic carbocycles. The number of phenolic OH excluding ortho intramolecular Hbond substituents is 1. The van der Waals surface area contributed by atoms with E-state index in [1.54, 1.807) is 13.0 Å². The number of carbonyl (C=O) groups is 1. The van der Waals surface area contributed by atoms with Gasteiger partial charge in [-0.1, -0.05) is 17.7 Å². The van der Waals surface area contributed by atoms with Gasteiger partial charge in [-0.05, 0) is 43.9 Å². The number of amides is 1. The number of likely N-dealkylation sites (tertiary alicyclic amines) is 1. The molecule has 0 saturated carbocycles. The Morgan fingerprint density at radius 1 is 1.55 bits per heavy atom. The Hall–Kier alpha value is -1.26. The van der Waals surface area contributed by atoms with Crippen molar-refractivity contribution in [2.45, 2.75) is 44.8 Å². The van der Waals surface area contributed by atoms with Crippen LogP contribution >= 0.6 is 11.6 Å². The van der Waals surface area contributed by atoms with Crippen LogP contribution in [-0.4, -0.2) is 39.7 Å². The second kappa shape index (κ2) is 6.46. The van der Waals surface area contributed by atoms with Gasteiger partial charge in [0.1, 0.15) is 5.75 Å². The Morgan fingerprint density at radius 2 is 2.30 bits per heavy atom. The normalized spacial score (nSPS) is 20.1. The number of phenols is 1. The van der Waals surface area contributed by atoms with E-state index in [0.717, 1.165) is 24.9 Å². The second-order valence-electron chi connectivity index (χ2n) is 5.42. The van der Waals surface area contributed by atoms with Crippen molar-refractivity contribution in [2.24, 2.45) is 0 Å². The van der Waals surface area contributed by atoms with Crippen LogP contribution in [0.3, 0.4) is 0 Å². The van der Waals surface area contributed by atoms with Crippen LogP contribution in [0.15, 0.2) is 18.2 Å². The summed E-state index contributed by atoms with van der Waals surface area (Å²) >= 11 is 6.03. The largest absolute Gasteiger partial charge is 0.508 e. The molecular formula is C15H20ClNO3. The highest BCUT2D eigenvalue weighted by molar-refractivity contribution is 6.31. The van der Waals surface area contributed by atoms with Crippen LogP contribution in [0.1, 0.15) is 31.7 Å². The van der Waals surface area contributed by atoms with Crippen molar-refractivity contribution in [1.82, 2.24) is 4.90 Å². The van der Waals surface area contributed by atoms with Crippen molar-refractivity contribution < 1.29 is 15.0 Å². The molecule has 20 heavy (non-hydrogen) atoms. The fourth-order valence-electron chi connectivity index (χ4n) is 2.75. The second-order valence-corrected chi connectivity index (χ2v) is 5.83. The van der Waals surface area contributed by atoms with Gasteiger partial charge in [0.25, 0.3) is 0 Å². The third-order valence-electron chi connectivity index (χ3n) is 3.69. The molecule has 0 unspecified atom stereocenters. The van der Waals surface area contributed by atoms with Crippen LogP contribution in [0, 0.1) is 0 Å². The molecule has 110 valence electrons. The molecule has 1 aliphatic heterocycles. The van der Waals surface area contributed by atoms with Crippen molar-refractivity contribution in [3.63, 3.8) is 0 Å². The zero-order valence-corrected chi connectivity index (χ0v) is 12.3. The quantitative estimate of drug-likeness (QED) is 0.897. The first-order valence-corrected chi connectivity index (χ1v) is 7.30. The summed E-state index contributed by atoms with van der Waals surface area (Å²) in [6.45, 7) is 2.49. The summed E-state index contributed by atoms with van der Waals surface area (Å²) in [5.74, 6) is 0.125. The summed E-state index contributed by atoms with van der Waals surface area (Å²) < 4.78 is 0.